The smallest absolute Gasteiger partial charge is 0.341 e. The molecular weight excluding hydrogens is 372 g/mol. The van der Waals surface area contributed by atoms with Crippen LogP contribution in [-0.4, -0.2) is 55.5 Å². The normalized spacial score (nSPS) is 17.1. The SMILES string of the molecule is CNc1cc(-c2cn([C@H]3CCCOC3)c3ncccc23)nc2c(C(=O)O)cnn12. The fourth-order valence-corrected chi connectivity index (χ4v) is 3.94. The molecule has 5 rings (SSSR count). The molecule has 0 unspecified atom stereocenters. The summed E-state index contributed by atoms with van der Waals surface area (Å²) >= 11 is 0. The zero-order valence-corrected chi connectivity index (χ0v) is 15.9. The molecule has 4 aromatic heterocycles. The Labute approximate surface area is 166 Å². The van der Waals surface area contributed by atoms with Crippen LogP contribution in [0, 0.1) is 0 Å². The third-order valence-corrected chi connectivity index (χ3v) is 5.35. The summed E-state index contributed by atoms with van der Waals surface area (Å²) < 4.78 is 9.33. The van der Waals surface area contributed by atoms with E-state index in [1.807, 2.05) is 24.4 Å². The fraction of sp³-hybridized carbons (Fsp3) is 0.300. The van der Waals surface area contributed by atoms with Crippen molar-refractivity contribution in [3.63, 3.8) is 0 Å². The molecule has 0 saturated carbocycles. The van der Waals surface area contributed by atoms with Gasteiger partial charge in [0.2, 0.25) is 0 Å². The molecule has 1 atom stereocenters. The number of nitrogens with one attached hydrogen (secondary N) is 1. The van der Waals surface area contributed by atoms with E-state index in [-0.39, 0.29) is 11.6 Å². The van der Waals surface area contributed by atoms with Crippen LogP contribution >= 0.6 is 0 Å². The molecule has 5 heterocycles. The zero-order chi connectivity index (χ0) is 20.0. The van der Waals surface area contributed by atoms with Crippen LogP contribution in [0.1, 0.15) is 29.2 Å². The Balaban J connectivity index is 1.74. The van der Waals surface area contributed by atoms with Gasteiger partial charge >= 0.3 is 5.97 Å². The van der Waals surface area contributed by atoms with Gasteiger partial charge in [-0.15, -0.1) is 0 Å². The molecule has 29 heavy (non-hydrogen) atoms. The van der Waals surface area contributed by atoms with E-state index < -0.39 is 5.97 Å². The van der Waals surface area contributed by atoms with E-state index in [4.69, 9.17) is 4.74 Å². The number of aromatic nitrogens is 5. The van der Waals surface area contributed by atoms with Gasteiger partial charge in [-0.3, -0.25) is 0 Å². The Morgan fingerprint density at radius 2 is 2.28 bits per heavy atom. The first-order valence-corrected chi connectivity index (χ1v) is 9.51. The van der Waals surface area contributed by atoms with Crippen molar-refractivity contribution in [2.24, 2.45) is 0 Å². The van der Waals surface area contributed by atoms with Crippen LogP contribution in [0.4, 0.5) is 5.82 Å². The number of carboxylic acids is 1. The highest BCUT2D eigenvalue weighted by atomic mass is 16.5. The van der Waals surface area contributed by atoms with E-state index in [0.29, 0.717) is 23.8 Å². The fourth-order valence-electron chi connectivity index (χ4n) is 3.94. The lowest BCUT2D eigenvalue weighted by Crippen LogP contribution is -2.20. The highest BCUT2D eigenvalue weighted by Gasteiger charge is 2.23. The summed E-state index contributed by atoms with van der Waals surface area (Å²) in [6.07, 6.45) is 7.19. The second-order valence-corrected chi connectivity index (χ2v) is 7.07. The number of hydrogen-bond acceptors (Lipinski definition) is 6. The van der Waals surface area contributed by atoms with E-state index in [2.05, 4.69) is 25.0 Å². The highest BCUT2D eigenvalue weighted by Crippen LogP contribution is 2.34. The first kappa shape index (κ1) is 17.6. The van der Waals surface area contributed by atoms with Gasteiger partial charge in [-0.05, 0) is 25.0 Å². The third kappa shape index (κ3) is 2.82. The first-order chi connectivity index (χ1) is 14.2. The molecule has 2 N–H and O–H groups in total. The summed E-state index contributed by atoms with van der Waals surface area (Å²) in [6.45, 7) is 1.44. The van der Waals surface area contributed by atoms with Gasteiger partial charge in [-0.2, -0.15) is 9.61 Å². The van der Waals surface area contributed by atoms with Crippen molar-refractivity contribution in [3.05, 3.63) is 42.4 Å². The van der Waals surface area contributed by atoms with Crippen LogP contribution in [-0.2, 0) is 4.74 Å². The van der Waals surface area contributed by atoms with Crippen molar-refractivity contribution in [2.45, 2.75) is 18.9 Å². The molecule has 4 aromatic rings. The van der Waals surface area contributed by atoms with Crippen LogP contribution in [0.25, 0.3) is 27.9 Å². The number of aromatic carboxylic acids is 1. The molecule has 0 spiro atoms. The Hall–Kier alpha value is -3.46. The summed E-state index contributed by atoms with van der Waals surface area (Å²) in [5.74, 6) is -0.404. The number of pyridine rings is 1. The molecule has 0 bridgehead atoms. The van der Waals surface area contributed by atoms with Gasteiger partial charge in [-0.1, -0.05) is 0 Å². The molecule has 1 aliphatic rings. The van der Waals surface area contributed by atoms with Gasteiger partial charge in [0.05, 0.1) is 24.5 Å². The van der Waals surface area contributed by atoms with Crippen LogP contribution in [0.3, 0.4) is 0 Å². The third-order valence-electron chi connectivity index (χ3n) is 5.35. The van der Waals surface area contributed by atoms with Crippen molar-refractivity contribution in [2.75, 3.05) is 25.6 Å². The quantitative estimate of drug-likeness (QED) is 0.550. The number of rotatable bonds is 4. The molecule has 0 amide bonds. The summed E-state index contributed by atoms with van der Waals surface area (Å²) in [5.41, 5.74) is 2.79. The number of hydrogen-bond donors (Lipinski definition) is 2. The van der Waals surface area contributed by atoms with Crippen molar-refractivity contribution in [1.29, 1.82) is 0 Å². The van der Waals surface area contributed by atoms with Gasteiger partial charge in [0.25, 0.3) is 0 Å². The molecule has 148 valence electrons. The second kappa shape index (κ2) is 6.85. The van der Waals surface area contributed by atoms with Crippen LogP contribution in [0.5, 0.6) is 0 Å². The number of ether oxygens (including phenoxy) is 1. The van der Waals surface area contributed by atoms with Crippen LogP contribution < -0.4 is 5.32 Å². The lowest BCUT2D eigenvalue weighted by Gasteiger charge is -2.24. The van der Waals surface area contributed by atoms with Crippen molar-refractivity contribution >= 4 is 28.5 Å². The number of anilines is 1. The Bertz CT molecular complexity index is 1220. The number of carboxylic acid groups (broad SMARTS) is 1. The molecular formula is C20H20N6O3. The Morgan fingerprint density at radius 3 is 3.03 bits per heavy atom. The second-order valence-electron chi connectivity index (χ2n) is 7.07. The van der Waals surface area contributed by atoms with E-state index in [9.17, 15) is 9.90 Å². The van der Waals surface area contributed by atoms with Gasteiger partial charge in [-0.25, -0.2) is 14.8 Å². The summed E-state index contributed by atoms with van der Waals surface area (Å²) in [5, 5.41) is 17.7. The summed E-state index contributed by atoms with van der Waals surface area (Å²) in [6, 6.07) is 5.99. The lowest BCUT2D eigenvalue weighted by atomic mass is 10.1. The topological polar surface area (TPSA) is 107 Å². The van der Waals surface area contributed by atoms with Crippen molar-refractivity contribution in [3.8, 4) is 11.3 Å². The molecule has 1 aliphatic heterocycles. The summed E-state index contributed by atoms with van der Waals surface area (Å²) in [4.78, 5) is 20.9. The van der Waals surface area contributed by atoms with Crippen LogP contribution in [0.15, 0.2) is 36.8 Å². The van der Waals surface area contributed by atoms with Gasteiger partial charge in [0.15, 0.2) is 5.65 Å². The minimum Gasteiger partial charge on any atom is -0.477 e. The monoisotopic (exact) mass is 392 g/mol. The molecule has 0 aromatic carbocycles. The first-order valence-electron chi connectivity index (χ1n) is 9.51. The molecule has 9 heteroatoms. The van der Waals surface area contributed by atoms with Crippen molar-refractivity contribution < 1.29 is 14.6 Å². The average Bonchev–Trinajstić information content (AvgIpc) is 3.35. The molecule has 1 saturated heterocycles. The van der Waals surface area contributed by atoms with E-state index in [1.54, 1.807) is 13.2 Å². The van der Waals surface area contributed by atoms with Crippen LogP contribution in [0.2, 0.25) is 0 Å². The molecule has 0 radical (unpaired) electrons. The molecule has 1 fully saturated rings. The minimum atomic E-state index is -1.06. The zero-order valence-electron chi connectivity index (χ0n) is 15.9. The van der Waals surface area contributed by atoms with E-state index in [1.165, 1.54) is 10.7 Å². The van der Waals surface area contributed by atoms with Gasteiger partial charge < -0.3 is 19.7 Å². The average molecular weight is 392 g/mol. The van der Waals surface area contributed by atoms with Gasteiger partial charge in [0.1, 0.15) is 17.0 Å². The lowest BCUT2D eigenvalue weighted by molar-refractivity contribution is 0.0605. The maximum atomic E-state index is 11.6. The maximum Gasteiger partial charge on any atom is 0.341 e. The predicted octanol–water partition coefficient (Wildman–Crippen LogP) is 2.84. The highest BCUT2D eigenvalue weighted by molar-refractivity contribution is 5.97. The largest absolute Gasteiger partial charge is 0.477 e. The van der Waals surface area contributed by atoms with Gasteiger partial charge in [0, 0.05) is 43.1 Å². The number of nitrogens with zero attached hydrogens (tertiary/aromatic N) is 5. The number of fused-ring (bicyclic) bond motifs is 2. The predicted molar refractivity (Wildman–Crippen MR) is 107 cm³/mol. The number of carbonyl (C=O) groups is 1. The standard InChI is InChI=1S/C20H20N6O3/c1-21-17-8-16(24-19-14(20(27)28)9-23-26(17)19)15-10-25(12-4-3-7-29-11-12)18-13(15)5-2-6-22-18/h2,5-6,8-10,12,21H,3-4,7,11H2,1H3,(H,27,28)/t12-/m0/s1. The Kier molecular flexibility index (Phi) is 4.17. The summed E-state index contributed by atoms with van der Waals surface area (Å²) in [7, 11) is 1.77. The van der Waals surface area contributed by atoms with Crippen molar-refractivity contribution in [1.82, 2.24) is 24.1 Å². The van der Waals surface area contributed by atoms with E-state index in [0.717, 1.165) is 36.0 Å². The Morgan fingerprint density at radius 1 is 1.38 bits per heavy atom. The molecule has 9 nitrogen and oxygen atoms in total. The van der Waals surface area contributed by atoms with E-state index >= 15 is 0 Å². The molecule has 0 aliphatic carbocycles. The maximum absolute atomic E-state index is 11.6. The minimum absolute atomic E-state index is 0.0610.